The maximum absolute atomic E-state index is 5.29. The van der Waals surface area contributed by atoms with Crippen LogP contribution in [0.4, 0.5) is 0 Å². The summed E-state index contributed by atoms with van der Waals surface area (Å²) in [5.74, 6) is 5.83. The Bertz CT molecular complexity index is 320. The van der Waals surface area contributed by atoms with E-state index < -0.39 is 0 Å². The second kappa shape index (κ2) is 5.36. The van der Waals surface area contributed by atoms with Crippen LogP contribution in [0, 0.1) is 11.8 Å². The van der Waals surface area contributed by atoms with Crippen LogP contribution in [0.15, 0.2) is 24.3 Å². The van der Waals surface area contributed by atoms with E-state index in [1.54, 1.807) is 0 Å². The first-order valence-electron chi connectivity index (χ1n) is 4.29. The summed E-state index contributed by atoms with van der Waals surface area (Å²) in [6.45, 7) is 1.29. The molecular weight excluding hydrogens is 160 g/mol. The van der Waals surface area contributed by atoms with Crippen LogP contribution < -0.4 is 11.1 Å². The summed E-state index contributed by atoms with van der Waals surface area (Å²) < 4.78 is 0. The highest BCUT2D eigenvalue weighted by Gasteiger charge is 1.90. The molecule has 0 atom stereocenters. The minimum atomic E-state index is 0.413. The lowest BCUT2D eigenvalue weighted by atomic mass is 10.1. The third-order valence-corrected chi connectivity index (χ3v) is 1.64. The molecule has 68 valence electrons. The molecule has 0 aliphatic rings. The highest BCUT2D eigenvalue weighted by molar-refractivity contribution is 5.37. The number of rotatable bonds is 2. The molecule has 0 fully saturated rings. The SMILES string of the molecule is CNCc1cccc(C#CCN)c1. The van der Waals surface area contributed by atoms with Gasteiger partial charge in [0.05, 0.1) is 6.54 Å². The van der Waals surface area contributed by atoms with Crippen LogP contribution in [0.1, 0.15) is 11.1 Å². The molecule has 0 saturated carbocycles. The molecule has 0 saturated heterocycles. The first-order chi connectivity index (χ1) is 6.36. The second-order valence-electron chi connectivity index (χ2n) is 2.74. The third-order valence-electron chi connectivity index (χ3n) is 1.64. The van der Waals surface area contributed by atoms with E-state index in [-0.39, 0.29) is 0 Å². The number of hydrogen-bond acceptors (Lipinski definition) is 2. The molecule has 13 heavy (non-hydrogen) atoms. The highest BCUT2D eigenvalue weighted by atomic mass is 14.8. The molecule has 0 radical (unpaired) electrons. The summed E-state index contributed by atoms with van der Waals surface area (Å²) in [7, 11) is 1.93. The zero-order valence-electron chi connectivity index (χ0n) is 7.80. The third kappa shape index (κ3) is 3.29. The van der Waals surface area contributed by atoms with Crippen molar-refractivity contribution in [3.05, 3.63) is 35.4 Å². The largest absolute Gasteiger partial charge is 0.320 e. The summed E-state index contributed by atoms with van der Waals surface area (Å²) in [5.41, 5.74) is 7.56. The Morgan fingerprint density at radius 2 is 2.31 bits per heavy atom. The van der Waals surface area contributed by atoms with E-state index in [0.717, 1.165) is 12.1 Å². The number of benzene rings is 1. The zero-order valence-corrected chi connectivity index (χ0v) is 7.80. The maximum Gasteiger partial charge on any atom is 0.0555 e. The van der Waals surface area contributed by atoms with Crippen molar-refractivity contribution in [2.45, 2.75) is 6.54 Å². The topological polar surface area (TPSA) is 38.0 Å². The fourth-order valence-corrected chi connectivity index (χ4v) is 1.12. The molecule has 1 rings (SSSR count). The van der Waals surface area contributed by atoms with Crippen molar-refractivity contribution in [1.82, 2.24) is 5.32 Å². The summed E-state index contributed by atoms with van der Waals surface area (Å²) in [6, 6.07) is 8.14. The zero-order chi connectivity index (χ0) is 9.52. The van der Waals surface area contributed by atoms with Gasteiger partial charge in [0, 0.05) is 12.1 Å². The molecule has 0 aliphatic heterocycles. The molecule has 0 amide bonds. The van der Waals surface area contributed by atoms with Gasteiger partial charge in [-0.1, -0.05) is 24.0 Å². The Hall–Kier alpha value is -1.30. The fourth-order valence-electron chi connectivity index (χ4n) is 1.12. The van der Waals surface area contributed by atoms with Gasteiger partial charge >= 0.3 is 0 Å². The van der Waals surface area contributed by atoms with Crippen molar-refractivity contribution in [3.63, 3.8) is 0 Å². The number of hydrogen-bond donors (Lipinski definition) is 2. The van der Waals surface area contributed by atoms with E-state index >= 15 is 0 Å². The molecule has 0 spiro atoms. The van der Waals surface area contributed by atoms with Gasteiger partial charge in [-0.15, -0.1) is 0 Å². The maximum atomic E-state index is 5.29. The van der Waals surface area contributed by atoms with Crippen LogP contribution in [0.3, 0.4) is 0 Å². The van der Waals surface area contributed by atoms with Crippen molar-refractivity contribution in [1.29, 1.82) is 0 Å². The van der Waals surface area contributed by atoms with Crippen molar-refractivity contribution < 1.29 is 0 Å². The minimum absolute atomic E-state index is 0.413. The standard InChI is InChI=1S/C11H14N2/c1-13-9-11-5-2-4-10(8-11)6-3-7-12/h2,4-5,8,13H,7,9,12H2,1H3. The van der Waals surface area contributed by atoms with E-state index in [1.807, 2.05) is 19.2 Å². The summed E-state index contributed by atoms with van der Waals surface area (Å²) >= 11 is 0. The quantitative estimate of drug-likeness (QED) is 0.648. The van der Waals surface area contributed by atoms with Gasteiger partial charge in [-0.25, -0.2) is 0 Å². The van der Waals surface area contributed by atoms with Crippen LogP contribution in [0.2, 0.25) is 0 Å². The van der Waals surface area contributed by atoms with Gasteiger partial charge in [0.2, 0.25) is 0 Å². The summed E-state index contributed by atoms with van der Waals surface area (Å²) in [6.07, 6.45) is 0. The first kappa shape index (κ1) is 9.79. The predicted molar refractivity (Wildman–Crippen MR) is 55.1 cm³/mol. The molecule has 0 heterocycles. The van der Waals surface area contributed by atoms with Crippen LogP contribution in [-0.4, -0.2) is 13.6 Å². The molecule has 0 bridgehead atoms. The van der Waals surface area contributed by atoms with Crippen molar-refractivity contribution >= 4 is 0 Å². The van der Waals surface area contributed by atoms with Gasteiger partial charge in [-0.05, 0) is 24.7 Å². The molecule has 0 aliphatic carbocycles. The van der Waals surface area contributed by atoms with E-state index in [2.05, 4.69) is 29.3 Å². The molecule has 2 nitrogen and oxygen atoms in total. The lowest BCUT2D eigenvalue weighted by Crippen LogP contribution is -2.04. The van der Waals surface area contributed by atoms with Gasteiger partial charge in [0.25, 0.3) is 0 Å². The molecule has 3 N–H and O–H groups in total. The van der Waals surface area contributed by atoms with Gasteiger partial charge in [0.15, 0.2) is 0 Å². The van der Waals surface area contributed by atoms with Crippen LogP contribution in [0.25, 0.3) is 0 Å². The summed E-state index contributed by atoms with van der Waals surface area (Å²) in [4.78, 5) is 0. The van der Waals surface area contributed by atoms with E-state index in [0.29, 0.717) is 6.54 Å². The Labute approximate surface area is 79.1 Å². The molecule has 1 aromatic rings. The van der Waals surface area contributed by atoms with Crippen LogP contribution >= 0.6 is 0 Å². The smallest absolute Gasteiger partial charge is 0.0555 e. The van der Waals surface area contributed by atoms with E-state index in [9.17, 15) is 0 Å². The molecule has 0 unspecified atom stereocenters. The molecule has 0 aromatic heterocycles. The Morgan fingerprint density at radius 1 is 1.46 bits per heavy atom. The normalized spacial score (nSPS) is 9.08. The second-order valence-corrected chi connectivity index (χ2v) is 2.74. The monoisotopic (exact) mass is 174 g/mol. The Morgan fingerprint density at radius 3 is 3.00 bits per heavy atom. The number of nitrogens with two attached hydrogens (primary N) is 1. The van der Waals surface area contributed by atoms with Gasteiger partial charge < -0.3 is 11.1 Å². The Kier molecular flexibility index (Phi) is 4.04. The highest BCUT2D eigenvalue weighted by Crippen LogP contribution is 2.03. The minimum Gasteiger partial charge on any atom is -0.320 e. The van der Waals surface area contributed by atoms with Crippen molar-refractivity contribution in [3.8, 4) is 11.8 Å². The van der Waals surface area contributed by atoms with Crippen LogP contribution in [-0.2, 0) is 6.54 Å². The average molecular weight is 174 g/mol. The van der Waals surface area contributed by atoms with Gasteiger partial charge in [-0.2, -0.15) is 0 Å². The average Bonchev–Trinajstić information content (AvgIpc) is 2.16. The Balaban J connectivity index is 2.79. The number of nitrogens with one attached hydrogen (secondary N) is 1. The predicted octanol–water partition coefficient (Wildman–Crippen LogP) is 0.716. The fraction of sp³-hybridized carbons (Fsp3) is 0.273. The van der Waals surface area contributed by atoms with Gasteiger partial charge in [0.1, 0.15) is 0 Å². The van der Waals surface area contributed by atoms with Gasteiger partial charge in [-0.3, -0.25) is 0 Å². The van der Waals surface area contributed by atoms with E-state index in [1.165, 1.54) is 5.56 Å². The van der Waals surface area contributed by atoms with Crippen molar-refractivity contribution in [2.24, 2.45) is 5.73 Å². The lowest BCUT2D eigenvalue weighted by Gasteiger charge is -1.99. The molecular formula is C11H14N2. The lowest BCUT2D eigenvalue weighted by molar-refractivity contribution is 0.817. The van der Waals surface area contributed by atoms with E-state index in [4.69, 9.17) is 5.73 Å². The van der Waals surface area contributed by atoms with Crippen molar-refractivity contribution in [2.75, 3.05) is 13.6 Å². The molecule has 2 heteroatoms. The van der Waals surface area contributed by atoms with Crippen LogP contribution in [0.5, 0.6) is 0 Å². The first-order valence-corrected chi connectivity index (χ1v) is 4.29. The summed E-state index contributed by atoms with van der Waals surface area (Å²) in [5, 5.41) is 3.09. The molecule has 1 aromatic carbocycles.